The molecule has 3 aromatic rings. The van der Waals surface area contributed by atoms with Gasteiger partial charge in [-0.15, -0.1) is 0 Å². The van der Waals surface area contributed by atoms with Crippen LogP contribution >= 0.6 is 11.8 Å². The van der Waals surface area contributed by atoms with Gasteiger partial charge in [-0.1, -0.05) is 54.1 Å². The number of carbonyl (C=O) groups is 2. The van der Waals surface area contributed by atoms with E-state index in [2.05, 4.69) is 6.07 Å². The summed E-state index contributed by atoms with van der Waals surface area (Å²) in [5.41, 5.74) is 3.45. The standard InChI is InChI=1S/C25H20N2O5S/c1-17-4-2-6-20(12-17)16-32-22-10-8-18(9-11-22)14-23-24(28)26(25(29)33-23)15-19-5-3-7-21(13-19)27(30)31/h2-14H,15-16H2,1H3/b23-14+. The smallest absolute Gasteiger partial charge is 0.293 e. The van der Waals surface area contributed by atoms with Crippen molar-refractivity contribution in [2.75, 3.05) is 0 Å². The number of nitro benzene ring substituents is 1. The number of rotatable bonds is 7. The number of ether oxygens (including phenoxy) is 1. The first-order chi connectivity index (χ1) is 15.9. The van der Waals surface area contributed by atoms with Crippen molar-refractivity contribution in [1.82, 2.24) is 4.90 Å². The van der Waals surface area contributed by atoms with E-state index < -0.39 is 16.1 Å². The zero-order chi connectivity index (χ0) is 23.4. The molecule has 0 spiro atoms. The number of carbonyl (C=O) groups excluding carboxylic acids is 2. The van der Waals surface area contributed by atoms with E-state index in [4.69, 9.17) is 4.74 Å². The number of aryl methyl sites for hydroxylation is 1. The molecule has 3 aromatic carbocycles. The number of nitro groups is 1. The molecule has 33 heavy (non-hydrogen) atoms. The lowest BCUT2D eigenvalue weighted by Gasteiger charge is -2.12. The van der Waals surface area contributed by atoms with Gasteiger partial charge in [-0.2, -0.15) is 0 Å². The third-order valence-electron chi connectivity index (χ3n) is 5.00. The molecule has 0 bridgehead atoms. The molecule has 7 nitrogen and oxygen atoms in total. The molecule has 4 rings (SSSR count). The lowest BCUT2D eigenvalue weighted by molar-refractivity contribution is -0.384. The molecule has 2 amide bonds. The molecule has 1 saturated heterocycles. The van der Waals surface area contributed by atoms with E-state index in [0.29, 0.717) is 22.8 Å². The van der Waals surface area contributed by atoms with E-state index in [1.807, 2.05) is 49.4 Å². The topological polar surface area (TPSA) is 89.8 Å². The zero-order valence-corrected chi connectivity index (χ0v) is 18.6. The SMILES string of the molecule is Cc1cccc(COc2ccc(/C=C3/SC(=O)N(Cc4cccc([N+](=O)[O-])c4)C3=O)cc2)c1. The van der Waals surface area contributed by atoms with Gasteiger partial charge >= 0.3 is 0 Å². The fourth-order valence-corrected chi connectivity index (χ4v) is 4.21. The lowest BCUT2D eigenvalue weighted by atomic mass is 10.1. The molecular weight excluding hydrogens is 440 g/mol. The molecule has 0 aromatic heterocycles. The molecule has 0 saturated carbocycles. The Morgan fingerprint density at radius 3 is 2.45 bits per heavy atom. The summed E-state index contributed by atoms with van der Waals surface area (Å²) in [6, 6.07) is 21.3. The van der Waals surface area contributed by atoms with Crippen molar-refractivity contribution < 1.29 is 19.2 Å². The highest BCUT2D eigenvalue weighted by Gasteiger charge is 2.35. The summed E-state index contributed by atoms with van der Waals surface area (Å²) in [6.45, 7) is 2.47. The molecule has 0 N–H and O–H groups in total. The molecule has 1 aliphatic rings. The highest BCUT2D eigenvalue weighted by molar-refractivity contribution is 8.18. The van der Waals surface area contributed by atoms with Gasteiger partial charge in [0.15, 0.2) is 0 Å². The maximum atomic E-state index is 12.8. The first-order valence-electron chi connectivity index (χ1n) is 10.2. The number of nitrogens with zero attached hydrogens (tertiary/aromatic N) is 2. The Kier molecular flexibility index (Phi) is 6.55. The van der Waals surface area contributed by atoms with Gasteiger partial charge in [0.25, 0.3) is 16.8 Å². The molecule has 1 aliphatic heterocycles. The van der Waals surface area contributed by atoms with Gasteiger partial charge in [-0.25, -0.2) is 0 Å². The van der Waals surface area contributed by atoms with Crippen molar-refractivity contribution >= 4 is 34.7 Å². The molecule has 1 heterocycles. The van der Waals surface area contributed by atoms with Gasteiger partial charge in [0.2, 0.25) is 0 Å². The van der Waals surface area contributed by atoms with Crippen molar-refractivity contribution in [2.24, 2.45) is 0 Å². The maximum absolute atomic E-state index is 12.8. The fourth-order valence-electron chi connectivity index (χ4n) is 3.37. The van der Waals surface area contributed by atoms with Crippen LogP contribution in [0, 0.1) is 17.0 Å². The number of hydrogen-bond acceptors (Lipinski definition) is 6. The quantitative estimate of drug-likeness (QED) is 0.255. The Labute approximate surface area is 194 Å². The maximum Gasteiger partial charge on any atom is 0.293 e. The monoisotopic (exact) mass is 460 g/mol. The van der Waals surface area contributed by atoms with Crippen LogP contribution in [0.5, 0.6) is 5.75 Å². The number of imide groups is 1. The van der Waals surface area contributed by atoms with Crippen LogP contribution in [-0.4, -0.2) is 21.0 Å². The van der Waals surface area contributed by atoms with Crippen LogP contribution in [0.25, 0.3) is 6.08 Å². The van der Waals surface area contributed by atoms with Gasteiger partial charge < -0.3 is 4.74 Å². The Balaban J connectivity index is 1.41. The summed E-state index contributed by atoms with van der Waals surface area (Å²) in [5, 5.41) is 10.6. The largest absolute Gasteiger partial charge is 0.489 e. The van der Waals surface area contributed by atoms with Crippen LogP contribution in [-0.2, 0) is 17.9 Å². The summed E-state index contributed by atoms with van der Waals surface area (Å²) in [7, 11) is 0. The average Bonchev–Trinajstić information content (AvgIpc) is 3.06. The normalized spacial score (nSPS) is 14.7. The van der Waals surface area contributed by atoms with Crippen molar-refractivity contribution in [3.05, 3.63) is 110 Å². The predicted molar refractivity (Wildman–Crippen MR) is 127 cm³/mol. The Hall–Kier alpha value is -3.91. The number of amides is 2. The second kappa shape index (κ2) is 9.70. The number of thioether (sulfide) groups is 1. The molecule has 0 aliphatic carbocycles. The van der Waals surface area contributed by atoms with E-state index >= 15 is 0 Å². The molecule has 1 fully saturated rings. The minimum absolute atomic E-state index is 0.0184. The van der Waals surface area contributed by atoms with Gasteiger partial charge in [-0.05, 0) is 53.6 Å². The van der Waals surface area contributed by atoms with Crippen LogP contribution in [0.15, 0.2) is 77.7 Å². The third-order valence-corrected chi connectivity index (χ3v) is 5.91. The van der Waals surface area contributed by atoms with E-state index in [-0.39, 0.29) is 12.2 Å². The summed E-state index contributed by atoms with van der Waals surface area (Å²) >= 11 is 0.853. The molecule has 0 unspecified atom stereocenters. The van der Waals surface area contributed by atoms with Crippen LogP contribution in [0.1, 0.15) is 22.3 Å². The average molecular weight is 461 g/mol. The first kappa shape index (κ1) is 22.3. The first-order valence-corrected chi connectivity index (χ1v) is 11.0. The van der Waals surface area contributed by atoms with Crippen LogP contribution in [0.3, 0.4) is 0 Å². The summed E-state index contributed by atoms with van der Waals surface area (Å²) in [5.74, 6) is 0.281. The minimum Gasteiger partial charge on any atom is -0.489 e. The molecule has 166 valence electrons. The van der Waals surface area contributed by atoms with E-state index in [1.165, 1.54) is 23.8 Å². The lowest BCUT2D eigenvalue weighted by Crippen LogP contribution is -2.27. The van der Waals surface area contributed by atoms with Crippen molar-refractivity contribution in [1.29, 1.82) is 0 Å². The Morgan fingerprint density at radius 1 is 1.00 bits per heavy atom. The Bertz CT molecular complexity index is 1250. The van der Waals surface area contributed by atoms with E-state index in [9.17, 15) is 19.7 Å². The van der Waals surface area contributed by atoms with E-state index in [1.54, 1.807) is 12.1 Å². The number of hydrogen-bond donors (Lipinski definition) is 0. The van der Waals surface area contributed by atoms with Crippen LogP contribution in [0.2, 0.25) is 0 Å². The zero-order valence-electron chi connectivity index (χ0n) is 17.8. The molecule has 0 atom stereocenters. The Morgan fingerprint density at radius 2 is 1.73 bits per heavy atom. The van der Waals surface area contributed by atoms with Crippen molar-refractivity contribution in [3.63, 3.8) is 0 Å². The summed E-state index contributed by atoms with van der Waals surface area (Å²) in [4.78, 5) is 37.0. The van der Waals surface area contributed by atoms with Gasteiger partial charge in [-0.3, -0.25) is 24.6 Å². The fraction of sp³-hybridized carbons (Fsp3) is 0.120. The minimum atomic E-state index is -0.508. The summed E-state index contributed by atoms with van der Waals surface area (Å²) in [6.07, 6.45) is 1.66. The van der Waals surface area contributed by atoms with Crippen molar-refractivity contribution in [3.8, 4) is 5.75 Å². The number of benzene rings is 3. The number of non-ortho nitro benzene ring substituents is 1. The van der Waals surface area contributed by atoms with Crippen molar-refractivity contribution in [2.45, 2.75) is 20.1 Å². The van der Waals surface area contributed by atoms with E-state index in [0.717, 1.165) is 27.8 Å². The second-order valence-electron chi connectivity index (χ2n) is 7.54. The van der Waals surface area contributed by atoms with Crippen LogP contribution < -0.4 is 4.74 Å². The second-order valence-corrected chi connectivity index (χ2v) is 8.53. The van der Waals surface area contributed by atoms with Gasteiger partial charge in [0.05, 0.1) is 16.4 Å². The molecule has 8 heteroatoms. The van der Waals surface area contributed by atoms with Gasteiger partial charge in [0.1, 0.15) is 12.4 Å². The van der Waals surface area contributed by atoms with Gasteiger partial charge in [0, 0.05) is 12.1 Å². The van der Waals surface area contributed by atoms with Crippen LogP contribution in [0.4, 0.5) is 10.5 Å². The highest BCUT2D eigenvalue weighted by atomic mass is 32.2. The summed E-state index contributed by atoms with van der Waals surface area (Å²) < 4.78 is 5.82. The third kappa shape index (κ3) is 5.48. The molecular formula is C25H20N2O5S. The predicted octanol–water partition coefficient (Wildman–Crippen LogP) is 5.72. The molecule has 0 radical (unpaired) electrons. The highest BCUT2D eigenvalue weighted by Crippen LogP contribution is 2.33.